The second kappa shape index (κ2) is 6.96. The molecule has 0 atom stereocenters. The second-order valence-corrected chi connectivity index (χ2v) is 6.93. The molecule has 3 aromatic heterocycles. The standard InChI is InChI=1S/C19H20F3N5O/c1-12-16(26-10-5-4-8-15(26)24-12)18(28)23-9-11-27-14-7-3-2-6-13(14)17(25-27)19(20,21)22/h4-5,8,10H,2-3,6-7,9,11H2,1H3,(H,23,28). The molecule has 0 fully saturated rings. The normalized spacial score (nSPS) is 14.3. The molecule has 0 aromatic carbocycles. The molecule has 148 valence electrons. The largest absolute Gasteiger partial charge is 0.435 e. The molecule has 1 N–H and O–H groups in total. The SMILES string of the molecule is Cc1nc2ccccn2c1C(=O)NCCn1nc(C(F)(F)F)c2c1CCCC2. The maximum atomic E-state index is 13.3. The van der Waals surface area contributed by atoms with Crippen molar-refractivity contribution in [3.8, 4) is 0 Å². The van der Waals surface area contributed by atoms with Gasteiger partial charge in [-0.25, -0.2) is 4.98 Å². The van der Waals surface area contributed by atoms with E-state index in [9.17, 15) is 18.0 Å². The van der Waals surface area contributed by atoms with Gasteiger partial charge in [0.05, 0.1) is 12.2 Å². The summed E-state index contributed by atoms with van der Waals surface area (Å²) in [6.07, 6.45) is -0.126. The summed E-state index contributed by atoms with van der Waals surface area (Å²) in [5, 5.41) is 6.59. The molecule has 0 bridgehead atoms. The number of fused-ring (bicyclic) bond motifs is 2. The number of hydrogen-bond donors (Lipinski definition) is 1. The number of nitrogens with zero attached hydrogens (tertiary/aromatic N) is 4. The third-order valence-corrected chi connectivity index (χ3v) is 5.05. The summed E-state index contributed by atoms with van der Waals surface area (Å²) in [4.78, 5) is 17.0. The number of imidazole rings is 1. The molecule has 1 aliphatic rings. The molecule has 0 aliphatic heterocycles. The first kappa shape index (κ1) is 18.5. The Hall–Kier alpha value is -2.84. The van der Waals surface area contributed by atoms with E-state index in [2.05, 4.69) is 15.4 Å². The van der Waals surface area contributed by atoms with E-state index in [0.717, 1.165) is 12.8 Å². The fourth-order valence-electron chi connectivity index (χ4n) is 3.83. The van der Waals surface area contributed by atoms with Crippen molar-refractivity contribution in [1.29, 1.82) is 0 Å². The molecule has 3 aromatic rings. The Morgan fingerprint density at radius 3 is 2.82 bits per heavy atom. The van der Waals surface area contributed by atoms with E-state index in [4.69, 9.17) is 0 Å². The molecule has 1 aliphatic carbocycles. The lowest BCUT2D eigenvalue weighted by atomic mass is 9.95. The predicted molar refractivity (Wildman–Crippen MR) is 96.1 cm³/mol. The van der Waals surface area contributed by atoms with Gasteiger partial charge >= 0.3 is 6.18 Å². The summed E-state index contributed by atoms with van der Waals surface area (Å²) in [7, 11) is 0. The number of alkyl halides is 3. The zero-order chi connectivity index (χ0) is 19.9. The van der Waals surface area contributed by atoms with Crippen LogP contribution < -0.4 is 5.32 Å². The molecule has 0 radical (unpaired) electrons. The van der Waals surface area contributed by atoms with Crippen molar-refractivity contribution in [2.75, 3.05) is 6.54 Å². The zero-order valence-corrected chi connectivity index (χ0v) is 15.4. The molecule has 0 saturated heterocycles. The number of pyridine rings is 1. The van der Waals surface area contributed by atoms with Gasteiger partial charge in [-0.05, 0) is 44.7 Å². The van der Waals surface area contributed by atoms with Crippen LogP contribution in [-0.4, -0.2) is 31.6 Å². The third-order valence-electron chi connectivity index (χ3n) is 5.05. The first-order valence-electron chi connectivity index (χ1n) is 9.24. The maximum absolute atomic E-state index is 13.3. The van der Waals surface area contributed by atoms with E-state index in [1.165, 1.54) is 4.68 Å². The number of amides is 1. The average molecular weight is 391 g/mol. The number of hydrogen-bond acceptors (Lipinski definition) is 3. The van der Waals surface area contributed by atoms with Crippen LogP contribution in [0, 0.1) is 6.92 Å². The minimum atomic E-state index is -4.45. The zero-order valence-electron chi connectivity index (χ0n) is 15.4. The average Bonchev–Trinajstić information content (AvgIpc) is 3.19. The van der Waals surface area contributed by atoms with E-state index in [1.54, 1.807) is 29.7 Å². The maximum Gasteiger partial charge on any atom is 0.435 e. The van der Waals surface area contributed by atoms with Gasteiger partial charge < -0.3 is 5.32 Å². The highest BCUT2D eigenvalue weighted by molar-refractivity contribution is 5.94. The number of rotatable bonds is 4. The van der Waals surface area contributed by atoms with Gasteiger partial charge in [0.2, 0.25) is 0 Å². The molecule has 28 heavy (non-hydrogen) atoms. The Kier molecular flexibility index (Phi) is 4.60. The van der Waals surface area contributed by atoms with Gasteiger partial charge in [-0.1, -0.05) is 6.07 Å². The van der Waals surface area contributed by atoms with Crippen LogP contribution in [0.1, 0.15) is 46.0 Å². The second-order valence-electron chi connectivity index (χ2n) is 6.93. The molecule has 0 unspecified atom stereocenters. The van der Waals surface area contributed by atoms with Crippen molar-refractivity contribution in [2.24, 2.45) is 0 Å². The van der Waals surface area contributed by atoms with Crippen LogP contribution in [0.3, 0.4) is 0 Å². The Balaban J connectivity index is 1.50. The van der Waals surface area contributed by atoms with Crippen molar-refractivity contribution in [3.63, 3.8) is 0 Å². The quantitative estimate of drug-likeness (QED) is 0.743. The van der Waals surface area contributed by atoms with Gasteiger partial charge in [-0.3, -0.25) is 13.9 Å². The molecular weight excluding hydrogens is 371 g/mol. The third kappa shape index (κ3) is 3.25. The van der Waals surface area contributed by atoms with Gasteiger partial charge in [-0.2, -0.15) is 18.3 Å². The summed E-state index contributed by atoms with van der Waals surface area (Å²) in [5.74, 6) is -0.312. The van der Waals surface area contributed by atoms with Gasteiger partial charge in [0, 0.05) is 24.0 Å². The Labute approximate surface area is 159 Å². The monoisotopic (exact) mass is 391 g/mol. The Morgan fingerprint density at radius 1 is 1.25 bits per heavy atom. The summed E-state index contributed by atoms with van der Waals surface area (Å²) >= 11 is 0. The van der Waals surface area contributed by atoms with Crippen LogP contribution in [0.5, 0.6) is 0 Å². The molecule has 4 rings (SSSR count). The number of carbonyl (C=O) groups excluding carboxylic acids is 1. The molecule has 3 heterocycles. The molecule has 0 saturated carbocycles. The minimum absolute atomic E-state index is 0.184. The Morgan fingerprint density at radius 2 is 2.04 bits per heavy atom. The van der Waals surface area contributed by atoms with E-state index in [-0.39, 0.29) is 19.0 Å². The van der Waals surface area contributed by atoms with Crippen LogP contribution in [-0.2, 0) is 25.6 Å². The van der Waals surface area contributed by atoms with E-state index < -0.39 is 11.9 Å². The van der Waals surface area contributed by atoms with E-state index >= 15 is 0 Å². The topological polar surface area (TPSA) is 64.2 Å². The first-order valence-corrected chi connectivity index (χ1v) is 9.24. The molecular formula is C19H20F3N5O. The smallest absolute Gasteiger partial charge is 0.349 e. The van der Waals surface area contributed by atoms with Crippen molar-refractivity contribution < 1.29 is 18.0 Å². The van der Waals surface area contributed by atoms with Crippen LogP contribution in [0.4, 0.5) is 13.2 Å². The number of aryl methyl sites for hydroxylation is 1. The number of nitrogens with one attached hydrogen (secondary N) is 1. The van der Waals surface area contributed by atoms with Crippen molar-refractivity contribution >= 4 is 11.6 Å². The molecule has 6 nitrogen and oxygen atoms in total. The number of halogens is 3. The summed E-state index contributed by atoms with van der Waals surface area (Å²) in [6.45, 7) is 2.13. The van der Waals surface area contributed by atoms with Crippen LogP contribution in [0.2, 0.25) is 0 Å². The highest BCUT2D eigenvalue weighted by Crippen LogP contribution is 2.35. The van der Waals surface area contributed by atoms with Crippen LogP contribution >= 0.6 is 0 Å². The summed E-state index contributed by atoms with van der Waals surface area (Å²) < 4.78 is 42.9. The summed E-state index contributed by atoms with van der Waals surface area (Å²) in [6, 6.07) is 5.45. The lowest BCUT2D eigenvalue weighted by molar-refractivity contribution is -0.142. The predicted octanol–water partition coefficient (Wildman–Crippen LogP) is 3.17. The van der Waals surface area contributed by atoms with Crippen molar-refractivity contribution in [2.45, 2.75) is 45.3 Å². The van der Waals surface area contributed by atoms with Crippen molar-refractivity contribution in [1.82, 2.24) is 24.5 Å². The van der Waals surface area contributed by atoms with Gasteiger partial charge in [0.15, 0.2) is 5.69 Å². The first-order chi connectivity index (χ1) is 13.4. The molecule has 0 spiro atoms. The molecule has 9 heteroatoms. The lowest BCUT2D eigenvalue weighted by Gasteiger charge is -2.15. The van der Waals surface area contributed by atoms with E-state index in [1.807, 2.05) is 6.07 Å². The van der Waals surface area contributed by atoms with E-state index in [0.29, 0.717) is 41.1 Å². The lowest BCUT2D eigenvalue weighted by Crippen LogP contribution is -2.29. The Bertz CT molecular complexity index is 1030. The molecule has 1 amide bonds. The fourth-order valence-corrected chi connectivity index (χ4v) is 3.83. The summed E-state index contributed by atoms with van der Waals surface area (Å²) in [5.41, 5.74) is 1.85. The van der Waals surface area contributed by atoms with Crippen LogP contribution in [0.25, 0.3) is 5.65 Å². The fraction of sp³-hybridized carbons (Fsp3) is 0.421. The number of aromatic nitrogens is 4. The number of carbonyl (C=O) groups is 1. The van der Waals surface area contributed by atoms with Gasteiger partial charge in [-0.15, -0.1) is 0 Å². The highest BCUT2D eigenvalue weighted by Gasteiger charge is 2.39. The van der Waals surface area contributed by atoms with Crippen molar-refractivity contribution in [3.05, 3.63) is 52.7 Å². The highest BCUT2D eigenvalue weighted by atomic mass is 19.4. The van der Waals surface area contributed by atoms with Gasteiger partial charge in [0.1, 0.15) is 11.3 Å². The van der Waals surface area contributed by atoms with Gasteiger partial charge in [0.25, 0.3) is 5.91 Å². The minimum Gasteiger partial charge on any atom is -0.349 e. The van der Waals surface area contributed by atoms with Crippen LogP contribution in [0.15, 0.2) is 24.4 Å².